The number of hydrogen-bond donors (Lipinski definition) is 1. The molecule has 0 spiro atoms. The fourth-order valence-electron chi connectivity index (χ4n) is 4.44. The maximum absolute atomic E-state index is 13.8. The van der Waals surface area contributed by atoms with Crippen molar-refractivity contribution in [3.8, 4) is 11.1 Å². The molecule has 4 nitrogen and oxygen atoms in total. The first-order valence-corrected chi connectivity index (χ1v) is 11.5. The minimum absolute atomic E-state index is 0.198. The summed E-state index contributed by atoms with van der Waals surface area (Å²) in [5.74, 6) is -0.198. The van der Waals surface area contributed by atoms with E-state index in [-0.39, 0.29) is 11.9 Å². The zero-order chi connectivity index (χ0) is 22.4. The van der Waals surface area contributed by atoms with Crippen molar-refractivity contribution < 1.29 is 9.59 Å². The maximum atomic E-state index is 13.8. The van der Waals surface area contributed by atoms with Gasteiger partial charge in [0.25, 0.3) is 5.91 Å². The first kappa shape index (κ1) is 21.8. The molecule has 1 aliphatic heterocycles. The molecule has 0 unspecified atom stereocenters. The van der Waals surface area contributed by atoms with Crippen LogP contribution in [-0.4, -0.2) is 23.4 Å². The number of carbonyl (C=O) groups excluding carboxylic acids is 2. The van der Waals surface area contributed by atoms with E-state index in [4.69, 9.17) is 0 Å². The quantitative estimate of drug-likeness (QED) is 0.331. The summed E-state index contributed by atoms with van der Waals surface area (Å²) in [6.07, 6.45) is 5.33. The Morgan fingerprint density at radius 2 is 1.25 bits per heavy atom. The zero-order valence-corrected chi connectivity index (χ0v) is 18.6. The third kappa shape index (κ3) is 4.18. The lowest BCUT2D eigenvalue weighted by molar-refractivity contribution is -0.130. The Kier molecular flexibility index (Phi) is 6.69. The largest absolute Gasteiger partial charge is 0.325 e. The predicted molar refractivity (Wildman–Crippen MR) is 128 cm³/mol. The summed E-state index contributed by atoms with van der Waals surface area (Å²) >= 11 is 0. The molecule has 4 rings (SSSR count). The van der Waals surface area contributed by atoms with Gasteiger partial charge in [-0.2, -0.15) is 0 Å². The molecule has 4 heteroatoms. The van der Waals surface area contributed by atoms with Crippen molar-refractivity contribution in [2.75, 3.05) is 6.54 Å². The molecular weight excluding hydrogens is 396 g/mol. The van der Waals surface area contributed by atoms with Crippen LogP contribution in [0.15, 0.2) is 84.9 Å². The van der Waals surface area contributed by atoms with Crippen LogP contribution in [0.25, 0.3) is 11.1 Å². The molecule has 1 saturated heterocycles. The van der Waals surface area contributed by atoms with E-state index >= 15 is 0 Å². The Bertz CT molecular complexity index is 1050. The molecule has 164 valence electrons. The van der Waals surface area contributed by atoms with Crippen LogP contribution in [0, 0.1) is 0 Å². The van der Waals surface area contributed by atoms with Crippen LogP contribution in [0.3, 0.4) is 0 Å². The second-order valence-corrected chi connectivity index (χ2v) is 8.36. The van der Waals surface area contributed by atoms with Crippen molar-refractivity contribution in [2.45, 2.75) is 44.6 Å². The summed E-state index contributed by atoms with van der Waals surface area (Å²) in [4.78, 5) is 28.1. The van der Waals surface area contributed by atoms with Gasteiger partial charge in [-0.3, -0.25) is 9.69 Å². The molecule has 0 aromatic heterocycles. The summed E-state index contributed by atoms with van der Waals surface area (Å²) in [6, 6.07) is 27.3. The fourth-order valence-corrected chi connectivity index (χ4v) is 4.44. The average molecular weight is 427 g/mol. The topological polar surface area (TPSA) is 49.4 Å². The molecule has 1 heterocycles. The Morgan fingerprint density at radius 3 is 1.91 bits per heavy atom. The lowest BCUT2D eigenvalue weighted by Gasteiger charge is -2.28. The van der Waals surface area contributed by atoms with Crippen LogP contribution < -0.4 is 5.32 Å². The summed E-state index contributed by atoms with van der Waals surface area (Å²) < 4.78 is 0. The molecule has 1 atom stereocenters. The highest BCUT2D eigenvalue weighted by Gasteiger charge is 2.53. The molecule has 32 heavy (non-hydrogen) atoms. The second-order valence-electron chi connectivity index (χ2n) is 8.36. The molecule has 1 N–H and O–H groups in total. The molecule has 1 fully saturated rings. The first-order chi connectivity index (χ1) is 15.7. The number of nitrogens with zero attached hydrogens (tertiary/aromatic N) is 1. The monoisotopic (exact) mass is 426 g/mol. The van der Waals surface area contributed by atoms with E-state index in [1.54, 1.807) is 0 Å². The van der Waals surface area contributed by atoms with E-state index in [2.05, 4.69) is 24.4 Å². The normalized spacial score (nSPS) is 18.1. The highest BCUT2D eigenvalue weighted by atomic mass is 16.2. The van der Waals surface area contributed by atoms with E-state index < -0.39 is 5.54 Å². The lowest BCUT2D eigenvalue weighted by atomic mass is 9.82. The molecule has 3 aromatic rings. The van der Waals surface area contributed by atoms with E-state index in [9.17, 15) is 9.59 Å². The van der Waals surface area contributed by atoms with Crippen molar-refractivity contribution in [1.82, 2.24) is 10.2 Å². The highest BCUT2D eigenvalue weighted by molar-refractivity contribution is 6.09. The van der Waals surface area contributed by atoms with Gasteiger partial charge < -0.3 is 5.32 Å². The van der Waals surface area contributed by atoms with Crippen molar-refractivity contribution >= 4 is 11.9 Å². The Morgan fingerprint density at radius 1 is 0.688 bits per heavy atom. The number of rotatable bonds is 9. The summed E-state index contributed by atoms with van der Waals surface area (Å²) in [5.41, 5.74) is 2.54. The molecule has 0 bridgehead atoms. The van der Waals surface area contributed by atoms with Crippen molar-refractivity contribution in [1.29, 1.82) is 0 Å². The SMILES string of the molecule is CCCCCCCN1C(=O)N[C@@](c2ccccc2)(c2ccc(-c3ccccc3)cc2)C1=O. The van der Waals surface area contributed by atoms with Crippen LogP contribution >= 0.6 is 0 Å². The average Bonchev–Trinajstić information content (AvgIpc) is 3.10. The smallest absolute Gasteiger partial charge is 0.315 e. The van der Waals surface area contributed by atoms with Gasteiger partial charge in [-0.25, -0.2) is 4.79 Å². The summed E-state index contributed by atoms with van der Waals surface area (Å²) in [6.45, 7) is 2.62. The van der Waals surface area contributed by atoms with Crippen LogP contribution in [0.1, 0.15) is 50.2 Å². The minimum Gasteiger partial charge on any atom is -0.315 e. The minimum atomic E-state index is -1.20. The molecule has 0 saturated carbocycles. The van der Waals surface area contributed by atoms with Gasteiger partial charge in [0.2, 0.25) is 0 Å². The Hall–Kier alpha value is -3.40. The van der Waals surface area contributed by atoms with Gasteiger partial charge in [-0.1, -0.05) is 118 Å². The van der Waals surface area contributed by atoms with E-state index in [0.29, 0.717) is 6.54 Å². The number of carbonyl (C=O) groups is 2. The number of benzene rings is 3. The van der Waals surface area contributed by atoms with Gasteiger partial charge in [0.05, 0.1) is 0 Å². The lowest BCUT2D eigenvalue weighted by Crippen LogP contribution is -2.45. The number of urea groups is 1. The molecular formula is C28H30N2O2. The standard InChI is InChI=1S/C28H30N2O2/c1-2-3-4-5-12-21-30-26(31)28(29-27(30)32,24-15-10-7-11-16-24)25-19-17-23(18-20-25)22-13-8-6-9-14-22/h6-11,13-20H,2-5,12,21H2,1H3,(H,29,32)/t28-/m0/s1. The molecule has 3 aromatic carbocycles. The van der Waals surface area contributed by atoms with Crippen molar-refractivity contribution in [2.24, 2.45) is 0 Å². The van der Waals surface area contributed by atoms with Crippen LogP contribution in [0.4, 0.5) is 4.79 Å². The van der Waals surface area contributed by atoms with Crippen molar-refractivity contribution in [3.63, 3.8) is 0 Å². The van der Waals surface area contributed by atoms with Gasteiger partial charge in [-0.05, 0) is 28.7 Å². The number of hydrogen-bond acceptors (Lipinski definition) is 2. The van der Waals surface area contributed by atoms with E-state index in [1.165, 1.54) is 17.7 Å². The first-order valence-electron chi connectivity index (χ1n) is 11.5. The van der Waals surface area contributed by atoms with E-state index in [0.717, 1.165) is 41.5 Å². The number of nitrogens with one attached hydrogen (secondary N) is 1. The zero-order valence-electron chi connectivity index (χ0n) is 18.6. The number of unbranched alkanes of at least 4 members (excludes halogenated alkanes) is 4. The van der Waals surface area contributed by atoms with Gasteiger partial charge >= 0.3 is 6.03 Å². The second kappa shape index (κ2) is 9.82. The van der Waals surface area contributed by atoms with Crippen LogP contribution in [-0.2, 0) is 10.3 Å². The van der Waals surface area contributed by atoms with Gasteiger partial charge in [0, 0.05) is 6.54 Å². The maximum Gasteiger partial charge on any atom is 0.325 e. The van der Waals surface area contributed by atoms with Crippen molar-refractivity contribution in [3.05, 3.63) is 96.1 Å². The third-order valence-corrected chi connectivity index (χ3v) is 6.22. The van der Waals surface area contributed by atoms with Crippen LogP contribution in [0.5, 0.6) is 0 Å². The van der Waals surface area contributed by atoms with Crippen LogP contribution in [0.2, 0.25) is 0 Å². The third-order valence-electron chi connectivity index (χ3n) is 6.22. The Balaban J connectivity index is 1.66. The van der Waals surface area contributed by atoms with Gasteiger partial charge in [-0.15, -0.1) is 0 Å². The number of amides is 3. The van der Waals surface area contributed by atoms with E-state index in [1.807, 2.05) is 72.8 Å². The Labute approximate surface area is 190 Å². The molecule has 1 aliphatic rings. The van der Waals surface area contributed by atoms with Gasteiger partial charge in [0.15, 0.2) is 5.54 Å². The predicted octanol–water partition coefficient (Wildman–Crippen LogP) is 6.12. The summed E-state index contributed by atoms with van der Waals surface area (Å²) in [5, 5.41) is 3.05. The number of imide groups is 1. The van der Waals surface area contributed by atoms with Gasteiger partial charge in [0.1, 0.15) is 0 Å². The molecule has 0 aliphatic carbocycles. The summed E-state index contributed by atoms with van der Waals surface area (Å²) in [7, 11) is 0. The fraction of sp³-hybridized carbons (Fsp3) is 0.286. The molecule has 0 radical (unpaired) electrons. The highest BCUT2D eigenvalue weighted by Crippen LogP contribution is 2.37. The molecule has 3 amide bonds.